The van der Waals surface area contributed by atoms with Gasteiger partial charge in [-0.15, -0.1) is 0 Å². The SMILES string of the molecule is C[C@H]1C[C@@H]1c1ccc(N)cc1. The predicted octanol–water partition coefficient (Wildman–Crippen LogP) is 2.39. The third-order valence-electron chi connectivity index (χ3n) is 2.47. The van der Waals surface area contributed by atoms with Gasteiger partial charge in [0.05, 0.1) is 0 Å². The minimum absolute atomic E-state index is 0.815. The molecule has 1 heteroatoms. The van der Waals surface area contributed by atoms with Gasteiger partial charge in [-0.05, 0) is 36.0 Å². The zero-order valence-corrected chi connectivity index (χ0v) is 6.75. The van der Waals surface area contributed by atoms with E-state index in [0.717, 1.165) is 17.5 Å². The monoisotopic (exact) mass is 147 g/mol. The Morgan fingerprint density at radius 1 is 1.27 bits per heavy atom. The minimum Gasteiger partial charge on any atom is -0.399 e. The van der Waals surface area contributed by atoms with Gasteiger partial charge in [0.1, 0.15) is 0 Å². The highest BCUT2D eigenvalue weighted by molar-refractivity contribution is 5.41. The van der Waals surface area contributed by atoms with Crippen molar-refractivity contribution in [2.24, 2.45) is 5.92 Å². The molecule has 2 rings (SSSR count). The summed E-state index contributed by atoms with van der Waals surface area (Å²) >= 11 is 0. The lowest BCUT2D eigenvalue weighted by molar-refractivity contribution is 0.915. The minimum atomic E-state index is 0.815. The Morgan fingerprint density at radius 3 is 2.27 bits per heavy atom. The van der Waals surface area contributed by atoms with E-state index < -0.39 is 0 Å². The lowest BCUT2D eigenvalue weighted by Gasteiger charge is -1.97. The smallest absolute Gasteiger partial charge is 0.0314 e. The Bertz CT molecular complexity index is 250. The van der Waals surface area contributed by atoms with E-state index in [9.17, 15) is 0 Å². The van der Waals surface area contributed by atoms with Gasteiger partial charge >= 0.3 is 0 Å². The van der Waals surface area contributed by atoms with Crippen molar-refractivity contribution in [2.45, 2.75) is 19.3 Å². The molecule has 1 saturated carbocycles. The molecule has 0 aliphatic heterocycles. The normalized spacial score (nSPS) is 28.5. The molecule has 0 amide bonds. The van der Waals surface area contributed by atoms with E-state index in [1.807, 2.05) is 12.1 Å². The van der Waals surface area contributed by atoms with Gasteiger partial charge < -0.3 is 5.73 Å². The van der Waals surface area contributed by atoms with Crippen LogP contribution in [0.5, 0.6) is 0 Å². The van der Waals surface area contributed by atoms with Crippen LogP contribution in [-0.4, -0.2) is 0 Å². The largest absolute Gasteiger partial charge is 0.399 e. The summed E-state index contributed by atoms with van der Waals surface area (Å²) < 4.78 is 0. The fourth-order valence-corrected chi connectivity index (χ4v) is 1.53. The zero-order chi connectivity index (χ0) is 7.84. The molecule has 1 aliphatic rings. The highest BCUT2D eigenvalue weighted by atomic mass is 14.5. The Labute approximate surface area is 67.2 Å². The van der Waals surface area contributed by atoms with Crippen molar-refractivity contribution >= 4 is 5.69 Å². The molecule has 11 heavy (non-hydrogen) atoms. The Hall–Kier alpha value is -0.980. The van der Waals surface area contributed by atoms with Crippen LogP contribution < -0.4 is 5.73 Å². The van der Waals surface area contributed by atoms with Crippen molar-refractivity contribution in [1.29, 1.82) is 0 Å². The van der Waals surface area contributed by atoms with Crippen LogP contribution in [0.2, 0.25) is 0 Å². The van der Waals surface area contributed by atoms with Crippen LogP contribution in [0, 0.1) is 5.92 Å². The molecule has 0 radical (unpaired) electrons. The molecule has 0 bridgehead atoms. The quantitative estimate of drug-likeness (QED) is 0.606. The predicted molar refractivity (Wildman–Crippen MR) is 47.4 cm³/mol. The van der Waals surface area contributed by atoms with Crippen LogP contribution in [0.15, 0.2) is 24.3 Å². The molecule has 2 atom stereocenters. The van der Waals surface area contributed by atoms with E-state index in [4.69, 9.17) is 5.73 Å². The van der Waals surface area contributed by atoms with Crippen molar-refractivity contribution in [3.05, 3.63) is 29.8 Å². The van der Waals surface area contributed by atoms with E-state index in [1.54, 1.807) is 0 Å². The number of nitrogens with two attached hydrogens (primary N) is 1. The summed E-state index contributed by atoms with van der Waals surface area (Å²) in [7, 11) is 0. The number of nitrogen functional groups attached to an aromatic ring is 1. The third-order valence-corrected chi connectivity index (χ3v) is 2.47. The summed E-state index contributed by atoms with van der Waals surface area (Å²) in [6, 6.07) is 8.26. The average molecular weight is 147 g/mol. The van der Waals surface area contributed by atoms with Crippen LogP contribution in [-0.2, 0) is 0 Å². The van der Waals surface area contributed by atoms with Crippen molar-refractivity contribution in [2.75, 3.05) is 5.73 Å². The molecular formula is C10H13N. The second kappa shape index (κ2) is 2.26. The average Bonchev–Trinajstić information content (AvgIpc) is 2.69. The second-order valence-electron chi connectivity index (χ2n) is 3.49. The lowest BCUT2D eigenvalue weighted by Crippen LogP contribution is -1.85. The van der Waals surface area contributed by atoms with E-state index in [2.05, 4.69) is 19.1 Å². The van der Waals surface area contributed by atoms with Crippen LogP contribution in [0.25, 0.3) is 0 Å². The Kier molecular flexibility index (Phi) is 1.38. The fourth-order valence-electron chi connectivity index (χ4n) is 1.53. The van der Waals surface area contributed by atoms with Gasteiger partial charge in [0.15, 0.2) is 0 Å². The first-order valence-electron chi connectivity index (χ1n) is 4.13. The van der Waals surface area contributed by atoms with Crippen molar-refractivity contribution in [1.82, 2.24) is 0 Å². The summed E-state index contributed by atoms with van der Waals surface area (Å²) in [4.78, 5) is 0. The maximum atomic E-state index is 5.58. The van der Waals surface area contributed by atoms with Gasteiger partial charge in [0.2, 0.25) is 0 Å². The fraction of sp³-hybridized carbons (Fsp3) is 0.400. The summed E-state index contributed by atoms with van der Waals surface area (Å²) in [5.41, 5.74) is 7.90. The van der Waals surface area contributed by atoms with Gasteiger partial charge in [-0.2, -0.15) is 0 Å². The second-order valence-corrected chi connectivity index (χ2v) is 3.49. The van der Waals surface area contributed by atoms with Crippen LogP contribution in [0.4, 0.5) is 5.69 Å². The van der Waals surface area contributed by atoms with Crippen molar-refractivity contribution in [3.63, 3.8) is 0 Å². The zero-order valence-electron chi connectivity index (χ0n) is 6.75. The highest BCUT2D eigenvalue weighted by Gasteiger charge is 2.33. The van der Waals surface area contributed by atoms with E-state index in [1.165, 1.54) is 12.0 Å². The first-order chi connectivity index (χ1) is 5.27. The first kappa shape index (κ1) is 6.71. The maximum Gasteiger partial charge on any atom is 0.0314 e. The molecule has 0 saturated heterocycles. The van der Waals surface area contributed by atoms with Gasteiger partial charge in [0, 0.05) is 5.69 Å². The molecule has 1 aromatic carbocycles. The molecule has 0 aromatic heterocycles. The first-order valence-corrected chi connectivity index (χ1v) is 4.13. The summed E-state index contributed by atoms with van der Waals surface area (Å²) in [5, 5.41) is 0. The molecule has 58 valence electrons. The molecule has 0 unspecified atom stereocenters. The Morgan fingerprint density at radius 2 is 1.82 bits per heavy atom. The molecule has 2 N–H and O–H groups in total. The number of benzene rings is 1. The topological polar surface area (TPSA) is 26.0 Å². The molecule has 1 fully saturated rings. The number of anilines is 1. The van der Waals surface area contributed by atoms with E-state index in [-0.39, 0.29) is 0 Å². The molecule has 1 aliphatic carbocycles. The molecule has 0 heterocycles. The van der Waals surface area contributed by atoms with Crippen molar-refractivity contribution < 1.29 is 0 Å². The molecule has 1 aromatic rings. The Balaban J connectivity index is 2.21. The summed E-state index contributed by atoms with van der Waals surface area (Å²) in [6.45, 7) is 2.29. The molecule has 1 nitrogen and oxygen atoms in total. The van der Waals surface area contributed by atoms with Gasteiger partial charge in [0.25, 0.3) is 0 Å². The lowest BCUT2D eigenvalue weighted by atomic mass is 10.1. The standard InChI is InChI=1S/C10H13N/c1-7-6-10(7)8-2-4-9(11)5-3-8/h2-5,7,10H,6,11H2,1H3/t7-,10-/m0/s1. The van der Waals surface area contributed by atoms with Crippen molar-refractivity contribution in [3.8, 4) is 0 Å². The molecule has 0 spiro atoms. The number of hydrogen-bond acceptors (Lipinski definition) is 1. The van der Waals surface area contributed by atoms with Crippen LogP contribution in [0.1, 0.15) is 24.8 Å². The van der Waals surface area contributed by atoms with Gasteiger partial charge in [-0.1, -0.05) is 19.1 Å². The number of rotatable bonds is 1. The van der Waals surface area contributed by atoms with Gasteiger partial charge in [-0.3, -0.25) is 0 Å². The van der Waals surface area contributed by atoms with Crippen LogP contribution >= 0.6 is 0 Å². The maximum absolute atomic E-state index is 5.58. The summed E-state index contributed by atoms with van der Waals surface area (Å²) in [5.74, 6) is 1.70. The van der Waals surface area contributed by atoms with Gasteiger partial charge in [-0.25, -0.2) is 0 Å². The number of hydrogen-bond donors (Lipinski definition) is 1. The van der Waals surface area contributed by atoms with E-state index >= 15 is 0 Å². The van der Waals surface area contributed by atoms with E-state index in [0.29, 0.717) is 0 Å². The molecular weight excluding hydrogens is 134 g/mol. The highest BCUT2D eigenvalue weighted by Crippen LogP contribution is 2.46. The van der Waals surface area contributed by atoms with Crippen LogP contribution in [0.3, 0.4) is 0 Å². The third kappa shape index (κ3) is 1.23. The summed E-state index contributed by atoms with van der Waals surface area (Å²) in [6.07, 6.45) is 1.35.